The van der Waals surface area contributed by atoms with Gasteiger partial charge in [0.25, 0.3) is 0 Å². The van der Waals surface area contributed by atoms with E-state index in [4.69, 9.17) is 26.9 Å². The van der Waals surface area contributed by atoms with Crippen molar-refractivity contribution in [1.29, 1.82) is 10.5 Å². The van der Waals surface area contributed by atoms with Gasteiger partial charge < -0.3 is 4.74 Å². The molecule has 198 valence electrons. The van der Waals surface area contributed by atoms with Gasteiger partial charge in [-0.1, -0.05) is 23.7 Å². The molecule has 2 aromatic heterocycles. The molecule has 0 atom stereocenters. The predicted octanol–water partition coefficient (Wildman–Crippen LogP) is 7.61. The Balaban J connectivity index is 0.000000202. The van der Waals surface area contributed by atoms with Crippen molar-refractivity contribution in [2.45, 2.75) is 61.5 Å². The van der Waals surface area contributed by atoms with Gasteiger partial charge in [0, 0.05) is 40.9 Å². The summed E-state index contributed by atoms with van der Waals surface area (Å²) in [4.78, 5) is 22.1. The molecule has 0 aliphatic heterocycles. The zero-order chi connectivity index (χ0) is 27.7. The van der Waals surface area contributed by atoms with Crippen LogP contribution < -0.4 is 0 Å². The number of hydrogen-bond donors (Lipinski definition) is 0. The number of ether oxygens (including phenoxy) is 1. The summed E-state index contributed by atoms with van der Waals surface area (Å²) in [6, 6.07) is 20.1. The molecule has 0 bridgehead atoms. The van der Waals surface area contributed by atoms with Crippen molar-refractivity contribution >= 4 is 51.1 Å². The summed E-state index contributed by atoms with van der Waals surface area (Å²) in [6.45, 7) is 2.26. The van der Waals surface area contributed by atoms with Gasteiger partial charge in [-0.25, -0.2) is 0 Å². The van der Waals surface area contributed by atoms with Gasteiger partial charge in [-0.3, -0.25) is 14.8 Å². The third-order valence-electron chi connectivity index (χ3n) is 6.68. The molecular weight excluding hydrogens is 528 g/mol. The van der Waals surface area contributed by atoms with Gasteiger partial charge in [-0.15, -0.1) is 11.8 Å². The third-order valence-corrected chi connectivity index (χ3v) is 8.55. The second kappa shape index (κ2) is 13.4. The molecule has 1 saturated carbocycles. The van der Waals surface area contributed by atoms with E-state index in [1.54, 1.807) is 30.2 Å². The lowest BCUT2D eigenvalue weighted by Crippen LogP contribution is -2.43. The fourth-order valence-electron chi connectivity index (χ4n) is 4.45. The molecule has 1 aliphatic carbocycles. The zero-order valence-electron chi connectivity index (χ0n) is 21.8. The van der Waals surface area contributed by atoms with Crippen LogP contribution in [0.25, 0.3) is 21.8 Å². The van der Waals surface area contributed by atoms with Crippen molar-refractivity contribution < 1.29 is 9.53 Å². The first kappa shape index (κ1) is 28.4. The first-order valence-corrected chi connectivity index (χ1v) is 14.2. The summed E-state index contributed by atoms with van der Waals surface area (Å²) in [5, 5.41) is 20.0. The first-order chi connectivity index (χ1) is 19.0. The number of carbonyl (C=O) groups excluding carboxylic acids is 1. The number of fused-ring (bicyclic) bond motifs is 2. The molecule has 0 unspecified atom stereocenters. The molecule has 4 aromatic rings. The van der Waals surface area contributed by atoms with Crippen LogP contribution in [0.4, 0.5) is 0 Å². The van der Waals surface area contributed by atoms with Crippen molar-refractivity contribution in [2.24, 2.45) is 0 Å². The molecule has 0 N–H and O–H groups in total. The molecule has 6 nitrogen and oxygen atoms in total. The topological polar surface area (TPSA) is 99.7 Å². The second-order valence-electron chi connectivity index (χ2n) is 9.29. The van der Waals surface area contributed by atoms with E-state index >= 15 is 0 Å². The molecule has 8 heteroatoms. The minimum absolute atomic E-state index is 0.105. The molecule has 0 saturated heterocycles. The lowest BCUT2D eigenvalue weighted by atomic mass is 9.84. The number of carbonyl (C=O) groups is 1. The van der Waals surface area contributed by atoms with Crippen LogP contribution in [0.15, 0.2) is 65.8 Å². The van der Waals surface area contributed by atoms with Gasteiger partial charge in [0.1, 0.15) is 4.75 Å². The molecule has 1 fully saturated rings. The van der Waals surface area contributed by atoms with E-state index in [1.807, 2.05) is 43.3 Å². The van der Waals surface area contributed by atoms with Gasteiger partial charge in [0.15, 0.2) is 0 Å². The number of halogens is 1. The third kappa shape index (κ3) is 6.87. The van der Waals surface area contributed by atoms with Crippen LogP contribution in [0.1, 0.15) is 50.2 Å². The molecule has 2 aromatic carbocycles. The number of aryl methyl sites for hydroxylation is 2. The summed E-state index contributed by atoms with van der Waals surface area (Å²) >= 11 is 7.67. The van der Waals surface area contributed by atoms with E-state index in [-0.39, 0.29) is 5.97 Å². The fourth-order valence-corrected chi connectivity index (χ4v) is 6.11. The maximum atomic E-state index is 12.4. The van der Waals surface area contributed by atoms with E-state index in [2.05, 4.69) is 28.2 Å². The number of nitrogens with zero attached hydrogens (tertiary/aromatic N) is 4. The summed E-state index contributed by atoms with van der Waals surface area (Å²) in [6.07, 6.45) is 8.78. The Morgan fingerprint density at radius 2 is 1.54 bits per heavy atom. The highest BCUT2D eigenvalue weighted by molar-refractivity contribution is 8.01. The van der Waals surface area contributed by atoms with Gasteiger partial charge in [-0.2, -0.15) is 10.5 Å². The van der Waals surface area contributed by atoms with Crippen molar-refractivity contribution in [3.05, 3.63) is 77.1 Å². The van der Waals surface area contributed by atoms with Gasteiger partial charge in [0.05, 0.1) is 34.8 Å². The highest BCUT2D eigenvalue weighted by Crippen LogP contribution is 2.49. The Hall–Kier alpha value is -3.65. The number of hydrogen-bond acceptors (Lipinski definition) is 7. The SMILES string of the molecule is CCOC(=O)C1(Sc2ccnc3ccc(CCC#N)cc23)CCC1.N#CCCc1ccc2nccc(Cl)c2c1. The minimum atomic E-state index is -0.451. The van der Waals surface area contributed by atoms with Crippen molar-refractivity contribution in [3.63, 3.8) is 0 Å². The number of benzene rings is 2. The molecule has 0 spiro atoms. The summed E-state index contributed by atoms with van der Waals surface area (Å²) < 4.78 is 4.85. The molecule has 1 aliphatic rings. The Labute approximate surface area is 238 Å². The number of thioether (sulfide) groups is 1. The normalized spacial score (nSPS) is 13.4. The number of pyridine rings is 2. The molecule has 0 radical (unpaired) electrons. The van der Waals surface area contributed by atoms with Crippen LogP contribution >= 0.6 is 23.4 Å². The minimum Gasteiger partial charge on any atom is -0.465 e. The number of aromatic nitrogens is 2. The van der Waals surface area contributed by atoms with Crippen molar-refractivity contribution in [1.82, 2.24) is 9.97 Å². The van der Waals surface area contributed by atoms with Gasteiger partial charge >= 0.3 is 5.97 Å². The van der Waals surface area contributed by atoms with Crippen LogP contribution in [0.3, 0.4) is 0 Å². The predicted molar refractivity (Wildman–Crippen MR) is 155 cm³/mol. The molecule has 2 heterocycles. The average Bonchev–Trinajstić information content (AvgIpc) is 2.93. The van der Waals surface area contributed by atoms with Crippen molar-refractivity contribution in [3.8, 4) is 12.1 Å². The molecule has 0 amide bonds. The smallest absolute Gasteiger partial charge is 0.322 e. The Bertz CT molecular complexity index is 1560. The van der Waals surface area contributed by atoms with Crippen LogP contribution in [0.2, 0.25) is 5.02 Å². The summed E-state index contributed by atoms with van der Waals surface area (Å²) in [5.74, 6) is -0.105. The van der Waals surface area contributed by atoms with Crippen LogP contribution in [-0.4, -0.2) is 27.3 Å². The second-order valence-corrected chi connectivity index (χ2v) is 11.1. The highest BCUT2D eigenvalue weighted by Gasteiger charge is 2.46. The van der Waals surface area contributed by atoms with Gasteiger partial charge in [0.2, 0.25) is 0 Å². The molecule has 5 rings (SSSR count). The van der Waals surface area contributed by atoms with Gasteiger partial charge in [-0.05, 0) is 86.6 Å². The van der Waals surface area contributed by atoms with E-state index in [9.17, 15) is 4.79 Å². The number of esters is 1. The fraction of sp³-hybridized carbons (Fsp3) is 0.323. The molecular formula is C31H29ClN4O2S. The Kier molecular flexibility index (Phi) is 9.76. The van der Waals surface area contributed by atoms with E-state index in [0.29, 0.717) is 24.5 Å². The first-order valence-electron chi connectivity index (χ1n) is 13.0. The van der Waals surface area contributed by atoms with Crippen LogP contribution in [0.5, 0.6) is 0 Å². The van der Waals surface area contributed by atoms with Crippen LogP contribution in [-0.2, 0) is 22.4 Å². The maximum absolute atomic E-state index is 12.4. The Morgan fingerprint density at radius 3 is 2.10 bits per heavy atom. The maximum Gasteiger partial charge on any atom is 0.322 e. The van der Waals surface area contributed by atoms with E-state index in [0.717, 1.165) is 69.9 Å². The standard InChI is InChI=1S/C19H20N2O2S.C12H9ClN2/c1-2-23-18(22)19(9-4-10-19)24-17-8-12-21-16-7-6-14(5-3-11-20)13-15(16)17;13-11-5-7-15-12-4-3-9(2-1-6-14)8-10(11)12/h6-8,12-13H,2-5,9-10H2,1H3;3-5,7-8H,1-2H2. The summed E-state index contributed by atoms with van der Waals surface area (Å²) in [5.41, 5.74) is 4.05. The molecule has 39 heavy (non-hydrogen) atoms. The average molecular weight is 557 g/mol. The quantitative estimate of drug-likeness (QED) is 0.206. The van der Waals surface area contributed by atoms with Crippen LogP contribution in [0, 0.1) is 22.7 Å². The van der Waals surface area contributed by atoms with Crippen molar-refractivity contribution in [2.75, 3.05) is 6.61 Å². The lowest BCUT2D eigenvalue weighted by molar-refractivity contribution is -0.148. The largest absolute Gasteiger partial charge is 0.465 e. The summed E-state index contributed by atoms with van der Waals surface area (Å²) in [7, 11) is 0. The zero-order valence-corrected chi connectivity index (χ0v) is 23.4. The Morgan fingerprint density at radius 1 is 0.949 bits per heavy atom. The highest BCUT2D eigenvalue weighted by atomic mass is 35.5. The number of rotatable bonds is 8. The van der Waals surface area contributed by atoms with E-state index in [1.165, 1.54) is 0 Å². The monoisotopic (exact) mass is 556 g/mol. The number of nitriles is 2. The lowest BCUT2D eigenvalue weighted by Gasteiger charge is -2.38. The van der Waals surface area contributed by atoms with E-state index < -0.39 is 4.75 Å².